The van der Waals surface area contributed by atoms with Crippen LogP contribution in [0, 0.1) is 0 Å². The smallest absolute Gasteiger partial charge is 0.335 e. The van der Waals surface area contributed by atoms with Crippen molar-refractivity contribution in [3.05, 3.63) is 81.7 Å². The van der Waals surface area contributed by atoms with E-state index in [0.717, 1.165) is 17.3 Å². The molecule has 1 heterocycles. The Kier molecular flexibility index (Phi) is 5.55. The average molecular weight is 385 g/mol. The number of aromatic carboxylic acids is 1. The lowest BCUT2D eigenvalue weighted by Crippen LogP contribution is -2.19. The molecule has 0 aromatic heterocycles. The molecule has 5 nitrogen and oxygen atoms in total. The number of nitrogens with zero attached hydrogens (tertiary/aromatic N) is 1. The topological polar surface area (TPSA) is 78.8 Å². The van der Waals surface area contributed by atoms with Gasteiger partial charge in [-0.15, -0.1) is 0 Å². The van der Waals surface area contributed by atoms with Crippen molar-refractivity contribution in [2.24, 2.45) is 4.99 Å². The molecular weight excluding hydrogens is 372 g/mol. The Balaban J connectivity index is 1.79. The lowest BCUT2D eigenvalue weighted by Gasteiger charge is -1.98. The third-order valence-corrected chi connectivity index (χ3v) is 4.48. The van der Waals surface area contributed by atoms with Gasteiger partial charge in [-0.2, -0.15) is 0 Å². The molecule has 0 atom stereocenters. The number of amides is 1. The van der Waals surface area contributed by atoms with Crippen LogP contribution in [0.4, 0.5) is 5.69 Å². The van der Waals surface area contributed by atoms with Crippen molar-refractivity contribution in [3.63, 3.8) is 0 Å². The number of allylic oxidation sites excluding steroid dienone is 2. The van der Waals surface area contributed by atoms with Gasteiger partial charge in [-0.3, -0.25) is 4.79 Å². The van der Waals surface area contributed by atoms with Gasteiger partial charge in [-0.1, -0.05) is 48.0 Å². The Labute approximate surface area is 159 Å². The molecule has 2 aromatic rings. The van der Waals surface area contributed by atoms with E-state index in [2.05, 4.69) is 10.3 Å². The summed E-state index contributed by atoms with van der Waals surface area (Å²) in [4.78, 5) is 27.8. The summed E-state index contributed by atoms with van der Waals surface area (Å²) in [7, 11) is 0. The number of carboxylic acids is 1. The summed E-state index contributed by atoms with van der Waals surface area (Å²) >= 11 is 7.35. The maximum absolute atomic E-state index is 12.1. The molecular formula is C19H13ClN2O3S. The second kappa shape index (κ2) is 8.03. The highest BCUT2D eigenvalue weighted by Gasteiger charge is 2.24. The van der Waals surface area contributed by atoms with Crippen LogP contribution in [0.5, 0.6) is 0 Å². The number of aliphatic imine (C=N–C) groups is 1. The normalized spacial score (nSPS) is 17.6. The fourth-order valence-electron chi connectivity index (χ4n) is 2.18. The van der Waals surface area contributed by atoms with Crippen LogP contribution < -0.4 is 5.32 Å². The third kappa shape index (κ3) is 4.62. The number of carbonyl (C=O) groups is 2. The SMILES string of the molecule is O=C1NC(=Nc2cccc(C(=O)O)c2)S/C1=C\C(Cl)=C\c1ccccc1. The summed E-state index contributed by atoms with van der Waals surface area (Å²) in [5.74, 6) is -1.34. The molecule has 0 unspecified atom stereocenters. The Bertz CT molecular complexity index is 952. The molecule has 1 fully saturated rings. The van der Waals surface area contributed by atoms with Crippen LogP contribution in [0.1, 0.15) is 15.9 Å². The Morgan fingerprint density at radius 3 is 2.65 bits per heavy atom. The van der Waals surface area contributed by atoms with Gasteiger partial charge in [0.15, 0.2) is 5.17 Å². The van der Waals surface area contributed by atoms with Crippen molar-refractivity contribution < 1.29 is 14.7 Å². The molecule has 0 radical (unpaired) electrons. The highest BCUT2D eigenvalue weighted by Crippen LogP contribution is 2.28. The first kappa shape index (κ1) is 18.0. The van der Waals surface area contributed by atoms with Crippen LogP contribution in [-0.4, -0.2) is 22.2 Å². The number of carbonyl (C=O) groups excluding carboxylic acids is 1. The number of rotatable bonds is 4. The van der Waals surface area contributed by atoms with Crippen molar-refractivity contribution in [1.82, 2.24) is 5.32 Å². The number of amidine groups is 1. The van der Waals surface area contributed by atoms with Gasteiger partial charge in [0.2, 0.25) is 0 Å². The van der Waals surface area contributed by atoms with Crippen molar-refractivity contribution in [3.8, 4) is 0 Å². The van der Waals surface area contributed by atoms with Gasteiger partial charge in [-0.05, 0) is 47.7 Å². The molecule has 1 saturated heterocycles. The molecule has 130 valence electrons. The molecule has 3 rings (SSSR count). The minimum Gasteiger partial charge on any atom is -0.478 e. The number of benzene rings is 2. The molecule has 2 aromatic carbocycles. The Morgan fingerprint density at radius 1 is 1.15 bits per heavy atom. The quantitative estimate of drug-likeness (QED) is 0.766. The van der Waals surface area contributed by atoms with Gasteiger partial charge in [0.25, 0.3) is 5.91 Å². The highest BCUT2D eigenvalue weighted by atomic mass is 35.5. The van der Waals surface area contributed by atoms with Gasteiger partial charge in [0, 0.05) is 5.03 Å². The van der Waals surface area contributed by atoms with Crippen LogP contribution in [-0.2, 0) is 4.79 Å². The monoisotopic (exact) mass is 384 g/mol. The number of halogens is 1. The van der Waals surface area contributed by atoms with Crippen LogP contribution >= 0.6 is 23.4 Å². The average Bonchev–Trinajstić information content (AvgIpc) is 2.95. The van der Waals surface area contributed by atoms with Crippen molar-refractivity contribution in [2.75, 3.05) is 0 Å². The Hall–Kier alpha value is -2.83. The maximum Gasteiger partial charge on any atom is 0.335 e. The molecule has 1 aliphatic rings. The fraction of sp³-hybridized carbons (Fsp3) is 0. The van der Waals surface area contributed by atoms with Crippen LogP contribution in [0.3, 0.4) is 0 Å². The minimum absolute atomic E-state index is 0.130. The molecule has 0 spiro atoms. The highest BCUT2D eigenvalue weighted by molar-refractivity contribution is 8.18. The summed E-state index contributed by atoms with van der Waals surface area (Å²) in [5, 5.41) is 12.5. The van der Waals surface area contributed by atoms with E-state index >= 15 is 0 Å². The molecule has 0 bridgehead atoms. The van der Waals surface area contributed by atoms with Crippen molar-refractivity contribution in [1.29, 1.82) is 0 Å². The summed E-state index contributed by atoms with van der Waals surface area (Å²) in [6.45, 7) is 0. The molecule has 1 aliphatic heterocycles. The number of hydrogen-bond donors (Lipinski definition) is 2. The summed E-state index contributed by atoms with van der Waals surface area (Å²) in [6, 6.07) is 15.7. The van der Waals surface area contributed by atoms with Gasteiger partial charge in [0.05, 0.1) is 16.2 Å². The zero-order chi connectivity index (χ0) is 18.5. The van der Waals surface area contributed by atoms with E-state index < -0.39 is 5.97 Å². The molecule has 1 amide bonds. The van der Waals surface area contributed by atoms with Crippen LogP contribution in [0.25, 0.3) is 6.08 Å². The summed E-state index contributed by atoms with van der Waals surface area (Å²) < 4.78 is 0. The molecule has 2 N–H and O–H groups in total. The van der Waals surface area contributed by atoms with E-state index in [1.165, 1.54) is 12.1 Å². The number of carboxylic acid groups (broad SMARTS) is 1. The molecule has 0 aliphatic carbocycles. The van der Waals surface area contributed by atoms with E-state index in [-0.39, 0.29) is 11.5 Å². The van der Waals surface area contributed by atoms with E-state index in [0.29, 0.717) is 20.8 Å². The standard InChI is InChI=1S/C19H13ClN2O3S/c20-14(9-12-5-2-1-3-6-12)11-16-17(23)22-19(26-16)21-15-8-4-7-13(10-15)18(24)25/h1-11H,(H,24,25)(H,21,22,23)/b14-9-,16-11-. The van der Waals surface area contributed by atoms with E-state index in [1.807, 2.05) is 30.3 Å². The minimum atomic E-state index is -1.03. The zero-order valence-electron chi connectivity index (χ0n) is 13.3. The van der Waals surface area contributed by atoms with Crippen LogP contribution in [0.15, 0.2) is 75.6 Å². The lowest BCUT2D eigenvalue weighted by molar-refractivity contribution is -0.115. The molecule has 7 heteroatoms. The van der Waals surface area contributed by atoms with Gasteiger partial charge in [-0.25, -0.2) is 9.79 Å². The summed E-state index contributed by atoms with van der Waals surface area (Å²) in [5.41, 5.74) is 1.50. The molecule has 0 saturated carbocycles. The maximum atomic E-state index is 12.1. The summed E-state index contributed by atoms with van der Waals surface area (Å²) in [6.07, 6.45) is 3.33. The molecule has 26 heavy (non-hydrogen) atoms. The van der Waals surface area contributed by atoms with Gasteiger partial charge >= 0.3 is 5.97 Å². The van der Waals surface area contributed by atoms with Crippen molar-refractivity contribution >= 4 is 52.2 Å². The lowest BCUT2D eigenvalue weighted by atomic mass is 10.2. The number of nitrogens with one attached hydrogen (secondary N) is 1. The van der Waals surface area contributed by atoms with E-state index in [1.54, 1.807) is 24.3 Å². The largest absolute Gasteiger partial charge is 0.478 e. The van der Waals surface area contributed by atoms with E-state index in [9.17, 15) is 9.59 Å². The van der Waals surface area contributed by atoms with Crippen molar-refractivity contribution in [2.45, 2.75) is 0 Å². The second-order valence-electron chi connectivity index (χ2n) is 5.28. The fourth-order valence-corrected chi connectivity index (χ4v) is 3.31. The second-order valence-corrected chi connectivity index (χ2v) is 6.74. The number of thioether (sulfide) groups is 1. The first-order chi connectivity index (χ1) is 12.5. The van der Waals surface area contributed by atoms with Gasteiger partial charge < -0.3 is 10.4 Å². The predicted octanol–water partition coefficient (Wildman–Crippen LogP) is 4.40. The zero-order valence-corrected chi connectivity index (χ0v) is 14.9. The first-order valence-electron chi connectivity index (χ1n) is 7.56. The van der Waals surface area contributed by atoms with E-state index in [4.69, 9.17) is 16.7 Å². The van der Waals surface area contributed by atoms with Crippen LogP contribution in [0.2, 0.25) is 0 Å². The predicted molar refractivity (Wildman–Crippen MR) is 105 cm³/mol. The number of hydrogen-bond acceptors (Lipinski definition) is 4. The Morgan fingerprint density at radius 2 is 1.92 bits per heavy atom. The third-order valence-electron chi connectivity index (χ3n) is 3.35. The first-order valence-corrected chi connectivity index (χ1v) is 8.76. The van der Waals surface area contributed by atoms with Gasteiger partial charge in [0.1, 0.15) is 0 Å².